The first kappa shape index (κ1) is 35.5. The fourth-order valence-corrected chi connectivity index (χ4v) is 8.88. The summed E-state index contributed by atoms with van der Waals surface area (Å²) in [7, 11) is 0. The van der Waals surface area contributed by atoms with E-state index in [1.165, 1.54) is 21.8 Å². The number of aromatic nitrogens is 6. The van der Waals surface area contributed by atoms with Crippen molar-refractivity contribution in [3.8, 4) is 67.9 Å². The third kappa shape index (κ3) is 5.96. The van der Waals surface area contributed by atoms with Crippen LogP contribution in [0.15, 0.2) is 218 Å². The molecule has 0 aliphatic rings. The molecule has 0 saturated heterocycles. The van der Waals surface area contributed by atoms with Gasteiger partial charge in [-0.25, -0.2) is 19.6 Å². The summed E-state index contributed by atoms with van der Waals surface area (Å²) in [5.41, 5.74) is 12.4. The van der Waals surface area contributed by atoms with E-state index in [-0.39, 0.29) is 0 Å². The average Bonchev–Trinajstić information content (AvgIpc) is 3.92. The van der Waals surface area contributed by atoms with Crippen molar-refractivity contribution in [3.63, 3.8) is 0 Å². The molecule has 0 saturated carbocycles. The molecule has 12 aromatic rings. The highest BCUT2D eigenvalue weighted by molar-refractivity contribution is 6.17. The smallest absolute Gasteiger partial charge is 0.164 e. The number of rotatable bonds is 7. The van der Waals surface area contributed by atoms with Crippen LogP contribution < -0.4 is 0 Å². The van der Waals surface area contributed by atoms with Gasteiger partial charge in [0.15, 0.2) is 17.5 Å². The average molecular weight is 793 g/mol. The van der Waals surface area contributed by atoms with Crippen molar-refractivity contribution >= 4 is 43.5 Å². The fraction of sp³-hybridized carbons (Fsp3) is 0. The Morgan fingerprint density at radius 2 is 0.790 bits per heavy atom. The van der Waals surface area contributed by atoms with Crippen molar-refractivity contribution in [1.82, 2.24) is 29.3 Å². The standard InChI is InChI=1S/C56H36N6/c1-4-16-38(17-5-1)52-51-48(36-42-20-10-11-23-45(42)53(51)62(60-52)44-21-8-3-9-22-44)37-28-30-40(31-29-37)55-57-54(39-18-6-2-7-19-39)58-56(59-55)41-32-34-43(35-33-41)61-49-26-14-12-24-46(49)47-25-13-15-27-50(47)61/h1-36H. The molecule has 12 rings (SSSR count). The van der Waals surface area contributed by atoms with E-state index in [0.717, 1.165) is 72.1 Å². The molecule has 0 aliphatic heterocycles. The normalized spacial score (nSPS) is 11.5. The molecule has 3 heterocycles. The zero-order valence-electron chi connectivity index (χ0n) is 33.5. The summed E-state index contributed by atoms with van der Waals surface area (Å²) in [6.45, 7) is 0. The Kier molecular flexibility index (Phi) is 8.38. The molecule has 0 N–H and O–H groups in total. The Labute approximate surface area is 357 Å². The number of benzene rings is 9. The van der Waals surface area contributed by atoms with Crippen molar-refractivity contribution in [2.75, 3.05) is 0 Å². The van der Waals surface area contributed by atoms with Crippen LogP contribution in [0.25, 0.3) is 111 Å². The first-order valence-corrected chi connectivity index (χ1v) is 20.8. The van der Waals surface area contributed by atoms with Crippen LogP contribution in [0.3, 0.4) is 0 Å². The Hall–Kier alpha value is -8.48. The van der Waals surface area contributed by atoms with E-state index >= 15 is 0 Å². The lowest BCUT2D eigenvalue weighted by Gasteiger charge is -2.12. The van der Waals surface area contributed by atoms with Crippen LogP contribution >= 0.6 is 0 Å². The summed E-state index contributed by atoms with van der Waals surface area (Å²) in [6, 6.07) is 76.2. The van der Waals surface area contributed by atoms with Crippen LogP contribution in [0.1, 0.15) is 0 Å². The van der Waals surface area contributed by atoms with Gasteiger partial charge < -0.3 is 4.57 Å². The molecule has 6 heteroatoms. The lowest BCUT2D eigenvalue weighted by molar-refractivity contribution is 0.918. The van der Waals surface area contributed by atoms with Crippen LogP contribution in [0, 0.1) is 0 Å². The maximum absolute atomic E-state index is 5.34. The number of para-hydroxylation sites is 3. The summed E-state index contributed by atoms with van der Waals surface area (Å²) in [5, 5.41) is 11.2. The van der Waals surface area contributed by atoms with E-state index < -0.39 is 0 Å². The van der Waals surface area contributed by atoms with Crippen molar-refractivity contribution in [3.05, 3.63) is 218 Å². The Balaban J connectivity index is 0.987. The van der Waals surface area contributed by atoms with Gasteiger partial charge in [-0.2, -0.15) is 5.10 Å². The highest BCUT2D eigenvalue weighted by Crippen LogP contribution is 2.42. The first-order valence-electron chi connectivity index (χ1n) is 20.8. The molecule has 0 aliphatic carbocycles. The molecule has 0 amide bonds. The van der Waals surface area contributed by atoms with Crippen molar-refractivity contribution < 1.29 is 0 Å². The first-order chi connectivity index (χ1) is 30.7. The van der Waals surface area contributed by atoms with E-state index in [1.54, 1.807) is 0 Å². The van der Waals surface area contributed by atoms with E-state index in [9.17, 15) is 0 Å². The molecule has 6 nitrogen and oxygen atoms in total. The predicted octanol–water partition coefficient (Wildman–Crippen LogP) is 13.8. The van der Waals surface area contributed by atoms with Crippen molar-refractivity contribution in [2.45, 2.75) is 0 Å². The molecular formula is C56H36N6. The van der Waals surface area contributed by atoms with Crippen LogP contribution in [0.5, 0.6) is 0 Å². The monoisotopic (exact) mass is 792 g/mol. The minimum Gasteiger partial charge on any atom is -0.309 e. The maximum atomic E-state index is 5.34. The van der Waals surface area contributed by atoms with Crippen LogP contribution in [-0.4, -0.2) is 29.3 Å². The minimum atomic E-state index is 0.609. The molecule has 0 fully saturated rings. The minimum absolute atomic E-state index is 0.609. The highest BCUT2D eigenvalue weighted by Gasteiger charge is 2.22. The summed E-state index contributed by atoms with van der Waals surface area (Å²) in [5.74, 6) is 1.85. The Morgan fingerprint density at radius 3 is 1.39 bits per heavy atom. The summed E-state index contributed by atoms with van der Waals surface area (Å²) in [4.78, 5) is 15.3. The van der Waals surface area contributed by atoms with E-state index in [4.69, 9.17) is 20.1 Å². The molecular weight excluding hydrogens is 757 g/mol. The molecule has 0 atom stereocenters. The Morgan fingerprint density at radius 1 is 0.339 bits per heavy atom. The number of hydrogen-bond donors (Lipinski definition) is 0. The van der Waals surface area contributed by atoms with Crippen LogP contribution in [0.2, 0.25) is 0 Å². The van der Waals surface area contributed by atoms with Gasteiger partial charge in [-0.1, -0.05) is 164 Å². The maximum Gasteiger partial charge on any atom is 0.164 e. The van der Waals surface area contributed by atoms with Gasteiger partial charge in [-0.15, -0.1) is 0 Å². The summed E-state index contributed by atoms with van der Waals surface area (Å²) < 4.78 is 4.42. The van der Waals surface area contributed by atoms with Gasteiger partial charge in [0.2, 0.25) is 0 Å². The highest BCUT2D eigenvalue weighted by atomic mass is 15.3. The van der Waals surface area contributed by atoms with Gasteiger partial charge in [0.25, 0.3) is 0 Å². The predicted molar refractivity (Wildman–Crippen MR) is 253 cm³/mol. The van der Waals surface area contributed by atoms with Crippen LogP contribution in [0.4, 0.5) is 0 Å². The second-order valence-electron chi connectivity index (χ2n) is 15.5. The third-order valence-corrected chi connectivity index (χ3v) is 11.8. The summed E-state index contributed by atoms with van der Waals surface area (Å²) in [6.07, 6.45) is 0. The third-order valence-electron chi connectivity index (χ3n) is 11.8. The Bertz CT molecular complexity index is 3540. The lowest BCUT2D eigenvalue weighted by Crippen LogP contribution is -2.00. The van der Waals surface area contributed by atoms with Crippen LogP contribution in [-0.2, 0) is 0 Å². The second kappa shape index (κ2) is 14.7. The molecule has 9 aromatic carbocycles. The summed E-state index contributed by atoms with van der Waals surface area (Å²) >= 11 is 0. The van der Waals surface area contributed by atoms with E-state index in [1.807, 2.05) is 42.5 Å². The zero-order valence-corrected chi connectivity index (χ0v) is 33.5. The van der Waals surface area contributed by atoms with E-state index in [2.05, 4.69) is 185 Å². The van der Waals surface area contributed by atoms with Gasteiger partial charge in [0.1, 0.15) is 5.69 Å². The lowest BCUT2D eigenvalue weighted by atomic mass is 9.93. The molecule has 0 unspecified atom stereocenters. The topological polar surface area (TPSA) is 61.4 Å². The molecule has 3 aromatic heterocycles. The van der Waals surface area contributed by atoms with Crippen molar-refractivity contribution in [2.24, 2.45) is 0 Å². The zero-order chi connectivity index (χ0) is 41.0. The largest absolute Gasteiger partial charge is 0.309 e. The molecule has 0 bridgehead atoms. The van der Waals surface area contributed by atoms with Gasteiger partial charge in [-0.3, -0.25) is 0 Å². The van der Waals surface area contributed by atoms with Gasteiger partial charge >= 0.3 is 0 Å². The molecule has 290 valence electrons. The van der Waals surface area contributed by atoms with E-state index in [0.29, 0.717) is 17.5 Å². The molecule has 0 radical (unpaired) electrons. The van der Waals surface area contributed by atoms with Gasteiger partial charge in [0, 0.05) is 49.5 Å². The number of fused-ring (bicyclic) bond motifs is 6. The number of hydrogen-bond acceptors (Lipinski definition) is 4. The molecule has 62 heavy (non-hydrogen) atoms. The SMILES string of the molecule is c1ccc(-c2nc(-c3ccc(-c4cc5ccccc5c5c4c(-c4ccccc4)nn5-c4ccccc4)cc3)nc(-c3ccc(-n4c5ccccc5c5ccccc54)cc3)n2)cc1. The van der Waals surface area contributed by atoms with Gasteiger partial charge in [-0.05, 0) is 71.1 Å². The number of nitrogens with zero attached hydrogens (tertiary/aromatic N) is 6. The van der Waals surface area contributed by atoms with Gasteiger partial charge in [0.05, 0.1) is 22.2 Å². The second-order valence-corrected chi connectivity index (χ2v) is 15.5. The fourth-order valence-electron chi connectivity index (χ4n) is 8.88. The quantitative estimate of drug-likeness (QED) is 0.161. The molecule has 0 spiro atoms. The van der Waals surface area contributed by atoms with Crippen molar-refractivity contribution in [1.29, 1.82) is 0 Å².